The summed E-state index contributed by atoms with van der Waals surface area (Å²) < 4.78 is 40.0. The molecule has 1 N–H and O–H groups in total. The van der Waals surface area contributed by atoms with Crippen LogP contribution in [-0.4, -0.2) is 27.5 Å². The number of nitrogens with zero attached hydrogens (tertiary/aromatic N) is 1. The predicted molar refractivity (Wildman–Crippen MR) is 148 cm³/mol. The van der Waals surface area contributed by atoms with E-state index in [0.29, 0.717) is 35.0 Å². The molecule has 0 aliphatic carbocycles. The van der Waals surface area contributed by atoms with Crippen molar-refractivity contribution >= 4 is 27.3 Å². The van der Waals surface area contributed by atoms with Gasteiger partial charge in [-0.15, -0.1) is 0 Å². The van der Waals surface area contributed by atoms with Gasteiger partial charge in [-0.25, -0.2) is 8.42 Å². The van der Waals surface area contributed by atoms with E-state index >= 15 is 0 Å². The van der Waals surface area contributed by atoms with Crippen molar-refractivity contribution in [3.05, 3.63) is 108 Å². The van der Waals surface area contributed by atoms with Crippen molar-refractivity contribution in [3.8, 4) is 17.2 Å². The van der Waals surface area contributed by atoms with Crippen molar-refractivity contribution in [1.82, 2.24) is 0 Å². The molecule has 0 atom stereocenters. The molecule has 1 aliphatic rings. The summed E-state index contributed by atoms with van der Waals surface area (Å²) in [5, 5.41) is 2.82. The van der Waals surface area contributed by atoms with E-state index in [0.717, 1.165) is 24.1 Å². The van der Waals surface area contributed by atoms with Gasteiger partial charge in [0.15, 0.2) is 12.4 Å². The van der Waals surface area contributed by atoms with E-state index in [1.165, 1.54) is 10.4 Å². The molecule has 0 radical (unpaired) electrons. The molecule has 1 amide bonds. The molecular weight excluding hydrogens is 500 g/mol. The molecule has 1 aliphatic heterocycles. The molecule has 38 heavy (non-hydrogen) atoms. The summed E-state index contributed by atoms with van der Waals surface area (Å²) in [6.07, 6.45) is 1.63. The number of ether oxygens (including phenoxy) is 2. The van der Waals surface area contributed by atoms with Gasteiger partial charge in [-0.1, -0.05) is 48.5 Å². The minimum absolute atomic E-state index is 0.190. The second kappa shape index (κ2) is 11.0. The molecule has 4 aromatic carbocycles. The van der Waals surface area contributed by atoms with Crippen LogP contribution in [0.1, 0.15) is 17.5 Å². The Kier molecular flexibility index (Phi) is 7.33. The third-order valence-electron chi connectivity index (χ3n) is 6.29. The van der Waals surface area contributed by atoms with Crippen LogP contribution < -0.4 is 19.1 Å². The summed E-state index contributed by atoms with van der Waals surface area (Å²) >= 11 is 0. The first-order valence-corrected chi connectivity index (χ1v) is 13.8. The Morgan fingerprint density at radius 2 is 1.63 bits per heavy atom. The van der Waals surface area contributed by atoms with E-state index in [1.807, 2.05) is 60.7 Å². The van der Waals surface area contributed by atoms with Gasteiger partial charge in [0.05, 0.1) is 16.3 Å². The molecule has 1 heterocycles. The normalized spacial score (nSPS) is 12.9. The molecule has 0 aromatic heterocycles. The van der Waals surface area contributed by atoms with E-state index in [2.05, 4.69) is 5.32 Å². The highest BCUT2D eigenvalue weighted by atomic mass is 32.2. The minimum atomic E-state index is -3.73. The number of carbonyl (C=O) groups is 1. The van der Waals surface area contributed by atoms with Crippen LogP contribution in [0.2, 0.25) is 0 Å². The van der Waals surface area contributed by atoms with Gasteiger partial charge >= 0.3 is 0 Å². The second-order valence-corrected chi connectivity index (χ2v) is 10.8. The SMILES string of the molecule is Cc1cc(S(=O)(=O)N2CCCc3ccccc32)ccc1OCC(=O)Nc1ccccc1Oc1ccccc1. The van der Waals surface area contributed by atoms with Crippen molar-refractivity contribution < 1.29 is 22.7 Å². The number of anilines is 2. The number of hydrogen-bond donors (Lipinski definition) is 1. The Morgan fingerprint density at radius 1 is 0.895 bits per heavy atom. The Labute approximate surface area is 222 Å². The van der Waals surface area contributed by atoms with E-state index < -0.39 is 10.0 Å². The smallest absolute Gasteiger partial charge is 0.264 e. The molecule has 0 saturated carbocycles. The first kappa shape index (κ1) is 25.4. The Hall–Kier alpha value is -4.30. The van der Waals surface area contributed by atoms with Gasteiger partial charge < -0.3 is 14.8 Å². The number of carbonyl (C=O) groups excluding carboxylic acids is 1. The maximum absolute atomic E-state index is 13.5. The molecular formula is C30H28N2O5S. The third-order valence-corrected chi connectivity index (χ3v) is 8.10. The number of hydrogen-bond acceptors (Lipinski definition) is 5. The van der Waals surface area contributed by atoms with Crippen molar-refractivity contribution in [3.63, 3.8) is 0 Å². The highest BCUT2D eigenvalue weighted by Crippen LogP contribution is 2.33. The Bertz CT molecular complexity index is 1550. The van der Waals surface area contributed by atoms with Crippen LogP contribution >= 0.6 is 0 Å². The number of para-hydroxylation sites is 4. The largest absolute Gasteiger partial charge is 0.483 e. The maximum Gasteiger partial charge on any atom is 0.264 e. The minimum Gasteiger partial charge on any atom is -0.483 e. The Morgan fingerprint density at radius 3 is 2.45 bits per heavy atom. The zero-order chi connectivity index (χ0) is 26.5. The van der Waals surface area contributed by atoms with Crippen molar-refractivity contribution in [2.75, 3.05) is 22.8 Å². The average Bonchev–Trinajstić information content (AvgIpc) is 2.93. The summed E-state index contributed by atoms with van der Waals surface area (Å²) in [6, 6.07) is 28.7. The molecule has 4 aromatic rings. The summed E-state index contributed by atoms with van der Waals surface area (Å²) in [7, 11) is -3.73. The second-order valence-electron chi connectivity index (χ2n) is 8.98. The summed E-state index contributed by atoms with van der Waals surface area (Å²) in [5.41, 5.74) is 2.90. The molecule has 7 nitrogen and oxygen atoms in total. The number of nitrogens with one attached hydrogen (secondary N) is 1. The lowest BCUT2D eigenvalue weighted by atomic mass is 10.0. The first-order valence-electron chi connectivity index (χ1n) is 12.4. The molecule has 0 bridgehead atoms. The first-order chi connectivity index (χ1) is 18.4. The molecule has 0 spiro atoms. The maximum atomic E-state index is 13.5. The fraction of sp³-hybridized carbons (Fsp3) is 0.167. The van der Waals surface area contributed by atoms with Gasteiger partial charge in [0.25, 0.3) is 15.9 Å². The third kappa shape index (κ3) is 5.50. The zero-order valence-corrected chi connectivity index (χ0v) is 21.8. The standard InChI is InChI=1S/C30H28N2O5S/c1-22-20-25(38(34,35)32-19-9-11-23-10-5-7-15-27(23)32)17-18-28(22)36-21-30(33)31-26-14-6-8-16-29(26)37-24-12-3-2-4-13-24/h2-8,10,12-18,20H,9,11,19,21H2,1H3,(H,31,33). The summed E-state index contributed by atoms with van der Waals surface area (Å²) in [4.78, 5) is 12.8. The van der Waals surface area contributed by atoms with Crippen LogP contribution in [0.25, 0.3) is 0 Å². The summed E-state index contributed by atoms with van der Waals surface area (Å²) in [5.74, 6) is 1.24. The van der Waals surface area contributed by atoms with Gasteiger partial charge in [-0.05, 0) is 79.4 Å². The van der Waals surface area contributed by atoms with E-state index in [9.17, 15) is 13.2 Å². The van der Waals surface area contributed by atoms with Crippen LogP contribution in [0.15, 0.2) is 102 Å². The van der Waals surface area contributed by atoms with Crippen LogP contribution in [0.5, 0.6) is 17.2 Å². The monoisotopic (exact) mass is 528 g/mol. The predicted octanol–water partition coefficient (Wildman–Crippen LogP) is 5.95. The number of fused-ring (bicyclic) bond motifs is 1. The van der Waals surface area contributed by atoms with Crippen molar-refractivity contribution in [2.24, 2.45) is 0 Å². The van der Waals surface area contributed by atoms with Crippen LogP contribution in [0, 0.1) is 6.92 Å². The molecule has 0 unspecified atom stereocenters. The molecule has 8 heteroatoms. The van der Waals surface area contributed by atoms with Gasteiger partial charge in [0.1, 0.15) is 11.5 Å². The number of benzene rings is 4. The number of rotatable bonds is 8. The number of amides is 1. The van der Waals surface area contributed by atoms with Crippen LogP contribution in [-0.2, 0) is 21.2 Å². The molecule has 0 fully saturated rings. The highest BCUT2D eigenvalue weighted by Gasteiger charge is 2.29. The van der Waals surface area contributed by atoms with E-state index in [4.69, 9.17) is 9.47 Å². The highest BCUT2D eigenvalue weighted by molar-refractivity contribution is 7.92. The fourth-order valence-corrected chi connectivity index (χ4v) is 6.05. The van der Waals surface area contributed by atoms with Gasteiger partial charge in [0.2, 0.25) is 0 Å². The van der Waals surface area contributed by atoms with Gasteiger partial charge in [-0.3, -0.25) is 9.10 Å². The molecule has 194 valence electrons. The average molecular weight is 529 g/mol. The number of sulfonamides is 1. The lowest BCUT2D eigenvalue weighted by molar-refractivity contribution is -0.118. The fourth-order valence-electron chi connectivity index (χ4n) is 4.42. The molecule has 0 saturated heterocycles. The van der Waals surface area contributed by atoms with Gasteiger partial charge in [0, 0.05) is 6.54 Å². The van der Waals surface area contributed by atoms with Gasteiger partial charge in [-0.2, -0.15) is 0 Å². The lowest BCUT2D eigenvalue weighted by Crippen LogP contribution is -2.35. The lowest BCUT2D eigenvalue weighted by Gasteiger charge is -2.30. The topological polar surface area (TPSA) is 84.9 Å². The van der Waals surface area contributed by atoms with Crippen LogP contribution in [0.3, 0.4) is 0 Å². The molecule has 5 rings (SSSR count). The van der Waals surface area contributed by atoms with E-state index in [-0.39, 0.29) is 17.4 Å². The van der Waals surface area contributed by atoms with Crippen LogP contribution in [0.4, 0.5) is 11.4 Å². The quantitative estimate of drug-likeness (QED) is 0.306. The van der Waals surface area contributed by atoms with E-state index in [1.54, 1.807) is 37.3 Å². The van der Waals surface area contributed by atoms with Crippen molar-refractivity contribution in [2.45, 2.75) is 24.7 Å². The summed E-state index contributed by atoms with van der Waals surface area (Å²) in [6.45, 7) is 1.96. The number of aryl methyl sites for hydroxylation is 2. The Balaban J connectivity index is 1.25. The van der Waals surface area contributed by atoms with Crippen molar-refractivity contribution in [1.29, 1.82) is 0 Å². The zero-order valence-electron chi connectivity index (χ0n) is 21.0.